The van der Waals surface area contributed by atoms with E-state index < -0.39 is 0 Å². The maximum absolute atomic E-state index is 5.54. The van der Waals surface area contributed by atoms with Crippen molar-refractivity contribution in [2.24, 2.45) is 0 Å². The monoisotopic (exact) mass is 268 g/mol. The lowest BCUT2D eigenvalue weighted by molar-refractivity contribution is 0.146. The number of fused-ring (bicyclic) bond motifs is 1. The molecule has 2 rings (SSSR count). The van der Waals surface area contributed by atoms with Gasteiger partial charge in [-0.05, 0) is 29.5 Å². The Bertz CT molecular complexity index is 335. The smallest absolute Gasteiger partial charge is 0.0632 e. The maximum atomic E-state index is 5.54. The fourth-order valence-corrected chi connectivity index (χ4v) is 2.68. The zero-order valence-corrected chi connectivity index (χ0v) is 10.7. The summed E-state index contributed by atoms with van der Waals surface area (Å²) in [6, 6.07) is 6.86. The van der Waals surface area contributed by atoms with Crippen molar-refractivity contribution in [1.82, 2.24) is 0 Å². The highest BCUT2D eigenvalue weighted by Crippen LogP contribution is 2.30. The molecule has 0 N–H and O–H groups in total. The van der Waals surface area contributed by atoms with E-state index in [0.29, 0.717) is 4.83 Å². The Hall–Kier alpha value is -0.340. The van der Waals surface area contributed by atoms with Crippen molar-refractivity contribution in [2.45, 2.75) is 31.0 Å². The molecule has 1 aromatic carbocycles. The summed E-state index contributed by atoms with van der Waals surface area (Å²) < 4.78 is 5.54. The number of alkyl halides is 1. The van der Waals surface area contributed by atoms with Crippen LogP contribution in [0.2, 0.25) is 0 Å². The van der Waals surface area contributed by atoms with E-state index in [0.717, 1.165) is 19.6 Å². The second-order valence-corrected chi connectivity index (χ2v) is 5.18. The van der Waals surface area contributed by atoms with Crippen LogP contribution in [0.4, 0.5) is 0 Å². The van der Waals surface area contributed by atoms with E-state index >= 15 is 0 Å². The van der Waals surface area contributed by atoms with Crippen LogP contribution in [0.3, 0.4) is 0 Å². The quantitative estimate of drug-likeness (QED) is 0.745. The second kappa shape index (κ2) is 5.13. The third-order valence-electron chi connectivity index (χ3n) is 2.87. The molecule has 0 amide bonds. The van der Waals surface area contributed by atoms with Gasteiger partial charge in [0.25, 0.3) is 0 Å². The van der Waals surface area contributed by atoms with E-state index in [4.69, 9.17) is 4.74 Å². The summed E-state index contributed by atoms with van der Waals surface area (Å²) in [5.74, 6) is 0. The van der Waals surface area contributed by atoms with Gasteiger partial charge in [-0.3, -0.25) is 0 Å². The number of hydrogen-bond donors (Lipinski definition) is 0. The number of rotatable bonds is 2. The first kappa shape index (κ1) is 11.2. The maximum Gasteiger partial charge on any atom is 0.0632 e. The van der Waals surface area contributed by atoms with Crippen LogP contribution in [0, 0.1) is 0 Å². The van der Waals surface area contributed by atoms with Gasteiger partial charge in [0.1, 0.15) is 0 Å². The molecule has 1 aliphatic heterocycles. The van der Waals surface area contributed by atoms with E-state index in [2.05, 4.69) is 41.1 Å². The lowest BCUT2D eigenvalue weighted by Gasteiger charge is -2.12. The Balaban J connectivity index is 2.31. The second-order valence-electron chi connectivity index (χ2n) is 4.08. The van der Waals surface area contributed by atoms with Gasteiger partial charge in [-0.1, -0.05) is 47.5 Å². The third kappa shape index (κ3) is 2.61. The molecule has 0 saturated carbocycles. The molecule has 1 nitrogen and oxygen atoms in total. The van der Waals surface area contributed by atoms with Gasteiger partial charge in [-0.15, -0.1) is 0 Å². The molecule has 0 saturated heterocycles. The molecule has 2 heteroatoms. The molecule has 1 unspecified atom stereocenters. The van der Waals surface area contributed by atoms with Gasteiger partial charge in [-0.25, -0.2) is 0 Å². The number of ether oxygens (including phenoxy) is 1. The molecule has 1 heterocycles. The predicted octanol–water partition coefficient (Wildman–Crippen LogP) is 3.65. The number of halogens is 1. The standard InChI is InChI=1S/C13H17BrO/c1-2-3-10-4-5-11-6-7-15-9-13(14)12(11)8-10/h4-5,8,13H,2-3,6-7,9H2,1H3. The van der Waals surface area contributed by atoms with Crippen LogP contribution in [-0.4, -0.2) is 13.2 Å². The predicted molar refractivity (Wildman–Crippen MR) is 66.6 cm³/mol. The van der Waals surface area contributed by atoms with Crippen molar-refractivity contribution in [3.63, 3.8) is 0 Å². The van der Waals surface area contributed by atoms with Crippen LogP contribution in [0.5, 0.6) is 0 Å². The fraction of sp³-hybridized carbons (Fsp3) is 0.538. The van der Waals surface area contributed by atoms with E-state index in [1.54, 1.807) is 0 Å². The van der Waals surface area contributed by atoms with E-state index in [1.807, 2.05) is 0 Å². The first-order chi connectivity index (χ1) is 7.31. The minimum Gasteiger partial charge on any atom is -0.380 e. The molecule has 0 bridgehead atoms. The van der Waals surface area contributed by atoms with Crippen LogP contribution in [0.25, 0.3) is 0 Å². The van der Waals surface area contributed by atoms with Gasteiger partial charge in [0.15, 0.2) is 0 Å². The van der Waals surface area contributed by atoms with Crippen molar-refractivity contribution >= 4 is 15.9 Å². The zero-order chi connectivity index (χ0) is 10.7. The lowest BCUT2D eigenvalue weighted by Crippen LogP contribution is -1.99. The summed E-state index contributed by atoms with van der Waals surface area (Å²) in [4.78, 5) is 0.367. The average Bonchev–Trinajstić information content (AvgIpc) is 2.42. The Kier molecular flexibility index (Phi) is 3.81. The van der Waals surface area contributed by atoms with E-state index in [-0.39, 0.29) is 0 Å². The molecule has 1 aromatic rings. The molecular weight excluding hydrogens is 252 g/mol. The zero-order valence-electron chi connectivity index (χ0n) is 9.13. The molecule has 0 aliphatic carbocycles. The van der Waals surface area contributed by atoms with Crippen molar-refractivity contribution < 1.29 is 4.74 Å². The first-order valence-electron chi connectivity index (χ1n) is 5.64. The van der Waals surface area contributed by atoms with Crippen molar-refractivity contribution in [3.05, 3.63) is 34.9 Å². The summed E-state index contributed by atoms with van der Waals surface area (Å²) in [7, 11) is 0. The molecule has 1 atom stereocenters. The minimum atomic E-state index is 0.367. The van der Waals surface area contributed by atoms with Crippen LogP contribution < -0.4 is 0 Å². The molecule has 0 radical (unpaired) electrons. The van der Waals surface area contributed by atoms with Gasteiger partial charge in [0.2, 0.25) is 0 Å². The van der Waals surface area contributed by atoms with Crippen LogP contribution >= 0.6 is 15.9 Å². The van der Waals surface area contributed by atoms with Crippen LogP contribution in [0.1, 0.15) is 34.9 Å². The van der Waals surface area contributed by atoms with Gasteiger partial charge >= 0.3 is 0 Å². The number of hydrogen-bond acceptors (Lipinski definition) is 1. The SMILES string of the molecule is CCCc1ccc2c(c1)C(Br)COCC2. The molecule has 0 fully saturated rings. The average molecular weight is 269 g/mol. The molecule has 82 valence electrons. The highest BCUT2D eigenvalue weighted by molar-refractivity contribution is 9.09. The lowest BCUT2D eigenvalue weighted by atomic mass is 9.98. The topological polar surface area (TPSA) is 9.23 Å². The van der Waals surface area contributed by atoms with Crippen molar-refractivity contribution in [2.75, 3.05) is 13.2 Å². The van der Waals surface area contributed by atoms with Crippen molar-refractivity contribution in [1.29, 1.82) is 0 Å². The van der Waals surface area contributed by atoms with E-state index in [1.165, 1.54) is 29.5 Å². The van der Waals surface area contributed by atoms with Crippen LogP contribution in [-0.2, 0) is 17.6 Å². The van der Waals surface area contributed by atoms with Gasteiger partial charge in [0.05, 0.1) is 18.0 Å². The van der Waals surface area contributed by atoms with Crippen LogP contribution in [0.15, 0.2) is 18.2 Å². The fourth-order valence-electron chi connectivity index (χ4n) is 2.07. The first-order valence-corrected chi connectivity index (χ1v) is 6.56. The summed E-state index contributed by atoms with van der Waals surface area (Å²) in [5, 5.41) is 0. The molecule has 1 aliphatic rings. The summed E-state index contributed by atoms with van der Waals surface area (Å²) in [6.07, 6.45) is 3.43. The summed E-state index contributed by atoms with van der Waals surface area (Å²) in [5.41, 5.74) is 4.32. The summed E-state index contributed by atoms with van der Waals surface area (Å²) >= 11 is 3.70. The third-order valence-corrected chi connectivity index (χ3v) is 3.62. The Labute approximate surface area is 100.0 Å². The van der Waals surface area contributed by atoms with Gasteiger partial charge < -0.3 is 4.74 Å². The summed E-state index contributed by atoms with van der Waals surface area (Å²) in [6.45, 7) is 3.87. The largest absolute Gasteiger partial charge is 0.380 e. The molecular formula is C13H17BrO. The van der Waals surface area contributed by atoms with E-state index in [9.17, 15) is 0 Å². The van der Waals surface area contributed by atoms with Crippen molar-refractivity contribution in [3.8, 4) is 0 Å². The normalized spacial score (nSPS) is 20.8. The van der Waals surface area contributed by atoms with Gasteiger partial charge in [0, 0.05) is 0 Å². The Morgan fingerprint density at radius 2 is 2.33 bits per heavy atom. The highest BCUT2D eigenvalue weighted by Gasteiger charge is 2.16. The number of benzene rings is 1. The molecule has 15 heavy (non-hydrogen) atoms. The minimum absolute atomic E-state index is 0.367. The molecule has 0 aromatic heterocycles. The Morgan fingerprint density at radius 3 is 3.13 bits per heavy atom. The Morgan fingerprint density at radius 1 is 1.47 bits per heavy atom. The molecule has 0 spiro atoms. The van der Waals surface area contributed by atoms with Gasteiger partial charge in [-0.2, -0.15) is 0 Å². The highest BCUT2D eigenvalue weighted by atomic mass is 79.9. The number of aryl methyl sites for hydroxylation is 1.